The molecule has 0 radical (unpaired) electrons. The topological polar surface area (TPSA) is 386 Å². The molecule has 4 aliphatic rings. The highest BCUT2D eigenvalue weighted by Crippen LogP contribution is 2.59. The van der Waals surface area contributed by atoms with Crippen LogP contribution in [-0.4, -0.2) is 160 Å². The summed E-state index contributed by atoms with van der Waals surface area (Å²) in [6.07, 6.45) is 0.624. The lowest BCUT2D eigenvalue weighted by atomic mass is 10.0. The number of unbranched alkanes of at least 4 members (excludes halogenated alkanes) is 2. The summed E-state index contributed by atoms with van der Waals surface area (Å²) in [6.45, 7) is -4.01. The number of imide groups is 1. The van der Waals surface area contributed by atoms with Gasteiger partial charge in [0.05, 0.1) is 32.1 Å². The third kappa shape index (κ3) is 17.6. The zero-order valence-electron chi connectivity index (χ0n) is 49.1. The van der Waals surface area contributed by atoms with Crippen molar-refractivity contribution in [3.8, 4) is 5.88 Å². The Morgan fingerprint density at radius 1 is 0.889 bits per heavy atom. The van der Waals surface area contributed by atoms with Crippen molar-refractivity contribution in [3.63, 3.8) is 0 Å². The number of rotatable bonds is 22. The molecule has 3 aliphatic heterocycles. The van der Waals surface area contributed by atoms with Crippen molar-refractivity contribution in [2.75, 3.05) is 37.4 Å². The molecular formula is C56H68N12O18P2S2. The number of thiol groups is 1. The number of anilines is 2. The third-order valence-electron chi connectivity index (χ3n) is 15.1. The second-order valence-corrected chi connectivity index (χ2v) is 27.8. The molecule has 2 unspecified atom stereocenters. The lowest BCUT2D eigenvalue weighted by Crippen LogP contribution is -2.53. The van der Waals surface area contributed by atoms with Crippen LogP contribution in [0.1, 0.15) is 82.2 Å². The van der Waals surface area contributed by atoms with E-state index in [4.69, 9.17) is 44.1 Å². The van der Waals surface area contributed by atoms with Crippen LogP contribution >= 0.6 is 25.8 Å². The van der Waals surface area contributed by atoms with Gasteiger partial charge in [-0.3, -0.25) is 57.9 Å². The molecule has 30 nitrogen and oxygen atoms in total. The molecule has 90 heavy (non-hydrogen) atoms. The van der Waals surface area contributed by atoms with Crippen LogP contribution in [0.25, 0.3) is 11.2 Å². The van der Waals surface area contributed by atoms with Crippen molar-refractivity contribution in [3.05, 3.63) is 113 Å². The van der Waals surface area contributed by atoms with E-state index in [0.29, 0.717) is 53.9 Å². The van der Waals surface area contributed by atoms with Gasteiger partial charge in [-0.05, 0) is 72.7 Å². The number of imidazole rings is 1. The number of nitrogens with zero attached hydrogens (tertiary/aromatic N) is 7. The quantitative estimate of drug-likeness (QED) is 0.0209. The lowest BCUT2D eigenvalue weighted by molar-refractivity contribution is -0.137. The van der Waals surface area contributed by atoms with Gasteiger partial charge in [0, 0.05) is 69.0 Å². The molecule has 7 amide bonds. The SMILES string of the molecule is CC(C)[C@H](NC(=O)CCCCCN1C(=O)C=CC1=O)C(=O)N[C@@H](C)C(=O)Nc1ccc(COC(=O)N(C)Cc2ccccc2CC(=O)Nc2nc3c(ncn3[C@@H]3O[C@@H]4COP(O)(=S)O[C@H]5C[C@H](Oc6ccncn6)C[C@@H]5COP(=O)(S)O[C@@H]3[C@@H]4O)c(=O)[nH]2)cc1. The molecule has 7 N–H and O–H groups in total. The zero-order chi connectivity index (χ0) is 64.4. The van der Waals surface area contributed by atoms with Gasteiger partial charge in [-0.1, -0.05) is 68.9 Å². The van der Waals surface area contributed by atoms with E-state index in [1.807, 2.05) is 0 Å². The standard InChI is InChI=1S/C56H68N12O18P2S2/c1-31(2)46(62-41(69)12-6-5-9-21-67-44(71)17-18-45(67)72)52(75)60-32(3)51(74)61-37-15-13-33(14-16-37)26-80-56(77)66(4)25-35-11-8-7-10-34(35)23-42(70)63-55-64-50-47(53(76)65-55)59-30-68(50)54-49-48(73)40(84-54)28-82-87(78,89)85-39-24-38(83-43-19-20-57-29-58-43)22-36(39)27-81-88(79,90)86-49/h7-8,10-11,13-20,29-32,36,38-40,46,48-49,54,73H,5-6,9,12,21-28H2,1-4H3,(H,60,75)(H,61,74)(H,62,69)(H,78,89)(H,79,90)(H2,63,64,65,70,76)/t32-,36+,38+,39-,40+,46-,48+,49+,54+,87?,88?/m0/s1. The summed E-state index contributed by atoms with van der Waals surface area (Å²) in [7, 11) is 1.52. The van der Waals surface area contributed by atoms with Gasteiger partial charge in [0.25, 0.3) is 17.4 Å². The van der Waals surface area contributed by atoms with Crippen LogP contribution < -0.4 is 31.6 Å². The van der Waals surface area contributed by atoms with Gasteiger partial charge in [-0.15, -0.1) is 0 Å². The van der Waals surface area contributed by atoms with E-state index in [1.54, 1.807) is 68.4 Å². The van der Waals surface area contributed by atoms with Crippen molar-refractivity contribution >= 4 is 102 Å². The Bertz CT molecular complexity index is 3640. The van der Waals surface area contributed by atoms with Crippen molar-refractivity contribution in [1.29, 1.82) is 0 Å². The van der Waals surface area contributed by atoms with Gasteiger partial charge in [0.2, 0.25) is 35.5 Å². The Labute approximate surface area is 525 Å². The number of aromatic nitrogens is 6. The van der Waals surface area contributed by atoms with Crippen LogP contribution in [0.15, 0.2) is 90.4 Å². The van der Waals surface area contributed by atoms with Gasteiger partial charge in [-0.2, -0.15) is 4.98 Å². The summed E-state index contributed by atoms with van der Waals surface area (Å²) >= 11 is 9.61. The number of aromatic amines is 1. The number of nitrogens with one attached hydrogen (secondary N) is 5. The molecule has 2 bridgehead atoms. The van der Waals surface area contributed by atoms with Gasteiger partial charge in [0.15, 0.2) is 17.4 Å². The normalized spacial score (nSPS) is 24.9. The number of H-pyrrole nitrogens is 1. The van der Waals surface area contributed by atoms with Crippen LogP contribution in [0.2, 0.25) is 0 Å². The number of carbonyl (C=O) groups is 7. The van der Waals surface area contributed by atoms with E-state index in [1.165, 1.54) is 54.4 Å². The Morgan fingerprint density at radius 3 is 2.36 bits per heavy atom. The molecule has 0 spiro atoms. The van der Waals surface area contributed by atoms with Crippen LogP contribution in [0.4, 0.5) is 16.4 Å². The van der Waals surface area contributed by atoms with Crippen LogP contribution in [0.3, 0.4) is 0 Å². The number of hydrogen-bond donors (Lipinski definition) is 8. The maximum atomic E-state index is 14.0. The maximum Gasteiger partial charge on any atom is 0.410 e. The minimum absolute atomic E-state index is 0.0221. The fourth-order valence-electron chi connectivity index (χ4n) is 10.3. The molecule has 3 fully saturated rings. The van der Waals surface area contributed by atoms with E-state index >= 15 is 0 Å². The summed E-state index contributed by atoms with van der Waals surface area (Å²) in [5, 5.41) is 22.3. The fourth-order valence-corrected chi connectivity index (χ4v) is 13.4. The highest BCUT2D eigenvalue weighted by molar-refractivity contribution is 8.44. The number of fused-ring (bicyclic) bond motifs is 4. The van der Waals surface area contributed by atoms with E-state index in [2.05, 4.69) is 58.4 Å². The molecule has 11 atom stereocenters. The molecule has 2 aromatic carbocycles. The number of hydrogen-bond acceptors (Lipinski definition) is 22. The van der Waals surface area contributed by atoms with Crippen molar-refractivity contribution in [1.82, 2.24) is 49.9 Å². The monoisotopic (exact) mass is 1320 g/mol. The Kier molecular flexibility index (Phi) is 22.2. The predicted octanol–water partition coefficient (Wildman–Crippen LogP) is 4.12. The van der Waals surface area contributed by atoms with Crippen molar-refractivity contribution in [2.45, 2.75) is 128 Å². The summed E-state index contributed by atoms with van der Waals surface area (Å²) in [6, 6.07) is 13.0. The first-order valence-electron chi connectivity index (χ1n) is 28.7. The molecule has 5 aromatic rings. The Hall–Kier alpha value is -7.35. The molecule has 3 aromatic heterocycles. The predicted molar refractivity (Wildman–Crippen MR) is 326 cm³/mol. The van der Waals surface area contributed by atoms with E-state index in [0.717, 1.165) is 4.90 Å². The van der Waals surface area contributed by atoms with Crippen molar-refractivity contribution in [2.24, 2.45) is 11.8 Å². The largest absolute Gasteiger partial charge is 0.474 e. The summed E-state index contributed by atoms with van der Waals surface area (Å²) in [5.74, 6) is -3.59. The maximum absolute atomic E-state index is 14.0. The molecular weight excluding hydrogens is 1250 g/mol. The Balaban J connectivity index is 0.748. The average Bonchev–Trinajstić information content (AvgIpc) is 1.62. The second kappa shape index (κ2) is 29.7. The molecule has 1 aliphatic carbocycles. The van der Waals surface area contributed by atoms with Crippen LogP contribution in [0.5, 0.6) is 5.88 Å². The minimum Gasteiger partial charge on any atom is -0.474 e. The number of carbonyl (C=O) groups excluding carboxylic acids is 7. The van der Waals surface area contributed by atoms with Crippen LogP contribution in [-0.2, 0) is 92.3 Å². The average molecular weight is 1320 g/mol. The van der Waals surface area contributed by atoms with Gasteiger partial charge in [0.1, 0.15) is 49.4 Å². The summed E-state index contributed by atoms with van der Waals surface area (Å²) < 4.78 is 56.2. The number of ether oxygens (including phenoxy) is 3. The molecule has 1 saturated carbocycles. The molecule has 9 rings (SSSR count). The van der Waals surface area contributed by atoms with Crippen LogP contribution in [0, 0.1) is 11.8 Å². The second-order valence-electron chi connectivity index (χ2n) is 22.1. The smallest absolute Gasteiger partial charge is 0.410 e. The van der Waals surface area contributed by atoms with Gasteiger partial charge >= 0.3 is 19.6 Å². The summed E-state index contributed by atoms with van der Waals surface area (Å²) in [5.41, 5.74) is 0.972. The van der Waals surface area contributed by atoms with E-state index in [9.17, 15) is 52.9 Å². The zero-order valence-corrected chi connectivity index (χ0v) is 52.6. The Morgan fingerprint density at radius 2 is 1.63 bits per heavy atom. The number of aliphatic hydroxyl groups is 1. The third-order valence-corrected chi connectivity index (χ3v) is 18.3. The van der Waals surface area contributed by atoms with Gasteiger partial charge in [-0.25, -0.2) is 24.3 Å². The summed E-state index contributed by atoms with van der Waals surface area (Å²) in [4.78, 5) is 136. The number of benzene rings is 2. The molecule has 34 heteroatoms. The lowest BCUT2D eigenvalue weighted by Gasteiger charge is -2.27. The highest BCUT2D eigenvalue weighted by atomic mass is 32.7. The fraction of sp³-hybridized carbons (Fsp3) is 0.464. The first kappa shape index (κ1) is 67.1. The molecule has 482 valence electrons. The minimum atomic E-state index is -4.36. The van der Waals surface area contributed by atoms with Gasteiger partial charge < -0.3 is 58.6 Å². The number of amides is 7. The van der Waals surface area contributed by atoms with E-state index < -0.39 is 104 Å². The first-order chi connectivity index (χ1) is 42.9. The highest BCUT2D eigenvalue weighted by Gasteiger charge is 2.51. The molecule has 2 saturated heterocycles. The first-order valence-corrected chi connectivity index (χ1v) is 34.0. The molecule has 6 heterocycles. The number of aliphatic hydroxyl groups excluding tert-OH is 1. The van der Waals surface area contributed by atoms with Crippen molar-refractivity contribution < 1.29 is 80.4 Å². The van der Waals surface area contributed by atoms with E-state index in [-0.39, 0.29) is 86.3 Å².